The first-order valence-corrected chi connectivity index (χ1v) is 13.8. The van der Waals surface area contributed by atoms with Gasteiger partial charge in [0.2, 0.25) is 17.0 Å². The summed E-state index contributed by atoms with van der Waals surface area (Å²) >= 11 is -2.24. The molecule has 2 aliphatic carbocycles. The highest BCUT2D eigenvalue weighted by atomic mass is 32.2. The van der Waals surface area contributed by atoms with Gasteiger partial charge >= 0.3 is 5.97 Å². The van der Waals surface area contributed by atoms with Gasteiger partial charge in [0.1, 0.15) is 5.76 Å². The fourth-order valence-corrected chi connectivity index (χ4v) is 5.29. The summed E-state index contributed by atoms with van der Waals surface area (Å²) in [5.41, 5.74) is 4.44. The number of carboxylic acid groups (broad SMARTS) is 1. The van der Waals surface area contributed by atoms with Crippen LogP contribution in [0.2, 0.25) is 0 Å². The molecule has 1 aromatic carbocycles. The van der Waals surface area contributed by atoms with E-state index in [-0.39, 0.29) is 31.3 Å². The number of fused-ring (bicyclic) bond motifs is 1. The number of pyridine rings is 1. The van der Waals surface area contributed by atoms with Gasteiger partial charge in [-0.1, -0.05) is 24.3 Å². The lowest BCUT2D eigenvalue weighted by Crippen LogP contribution is -2.27. The molecule has 2 saturated carbocycles. The number of furan rings is 1. The van der Waals surface area contributed by atoms with E-state index in [9.17, 15) is 18.4 Å². The highest BCUT2D eigenvalue weighted by Gasteiger charge is 2.31. The number of hydrogen-bond donors (Lipinski definition) is 3. The number of hydrogen-bond acceptors (Lipinski definition) is 5. The number of unbranched alkanes of at least 4 members (excludes halogenated alkanes) is 1. The Labute approximate surface area is 217 Å². The Morgan fingerprint density at radius 2 is 1.84 bits per heavy atom. The number of rotatable bonds is 12. The lowest BCUT2D eigenvalue weighted by atomic mass is 10.0. The molecule has 3 aromatic rings. The van der Waals surface area contributed by atoms with Crippen molar-refractivity contribution in [2.45, 2.75) is 63.3 Å². The van der Waals surface area contributed by atoms with Crippen molar-refractivity contribution in [2.24, 2.45) is 0 Å². The van der Waals surface area contributed by atoms with Crippen LogP contribution in [0.15, 0.2) is 34.7 Å². The molecule has 2 heterocycles. The molecule has 0 bridgehead atoms. The normalized spacial score (nSPS) is 16.3. The van der Waals surface area contributed by atoms with Gasteiger partial charge in [-0.25, -0.2) is 9.19 Å². The SMILES string of the molecule is CNC(=O)c1c(-c2ccc(C3CC3)cc2)oc2nc(CN(CCCCC(=O)O)S(=O)O)c(C3CC3)cc12. The van der Waals surface area contributed by atoms with Crippen LogP contribution in [-0.2, 0) is 22.6 Å². The van der Waals surface area contributed by atoms with Crippen molar-refractivity contribution in [2.75, 3.05) is 13.6 Å². The predicted molar refractivity (Wildman–Crippen MR) is 139 cm³/mol. The molecule has 2 fully saturated rings. The van der Waals surface area contributed by atoms with Crippen molar-refractivity contribution in [1.82, 2.24) is 14.6 Å². The summed E-state index contributed by atoms with van der Waals surface area (Å²) in [7, 11) is 1.59. The van der Waals surface area contributed by atoms with Crippen LogP contribution in [0, 0.1) is 0 Å². The molecule has 3 N–H and O–H groups in total. The zero-order valence-corrected chi connectivity index (χ0v) is 21.6. The first kappa shape index (κ1) is 25.6. The molecule has 2 aromatic heterocycles. The minimum absolute atomic E-state index is 0.0164. The predicted octanol–water partition coefficient (Wildman–Crippen LogP) is 4.80. The molecule has 5 rings (SSSR count). The van der Waals surface area contributed by atoms with Crippen LogP contribution < -0.4 is 5.32 Å². The van der Waals surface area contributed by atoms with E-state index in [4.69, 9.17) is 14.5 Å². The highest BCUT2D eigenvalue weighted by Crippen LogP contribution is 2.45. The lowest BCUT2D eigenvalue weighted by molar-refractivity contribution is -0.137. The number of amides is 1. The van der Waals surface area contributed by atoms with Crippen LogP contribution in [0.25, 0.3) is 22.4 Å². The Hall–Kier alpha value is -3.08. The maximum Gasteiger partial charge on any atom is 0.303 e. The van der Waals surface area contributed by atoms with Gasteiger partial charge in [-0.2, -0.15) is 4.31 Å². The number of aliphatic carboxylic acids is 1. The summed E-state index contributed by atoms with van der Waals surface area (Å²) in [5.74, 6) is 0.217. The van der Waals surface area contributed by atoms with Gasteiger partial charge in [-0.15, -0.1) is 0 Å². The summed E-state index contributed by atoms with van der Waals surface area (Å²) in [4.78, 5) is 28.6. The maximum absolute atomic E-state index is 13.0. The Morgan fingerprint density at radius 1 is 1.14 bits per heavy atom. The fourth-order valence-electron chi connectivity index (χ4n) is 4.77. The average Bonchev–Trinajstić information content (AvgIpc) is 3.81. The van der Waals surface area contributed by atoms with Crippen LogP contribution in [0.4, 0.5) is 0 Å². The molecular weight excluding hydrogens is 494 g/mol. The molecule has 0 radical (unpaired) electrons. The van der Waals surface area contributed by atoms with E-state index in [0.29, 0.717) is 46.9 Å². The molecule has 9 nitrogen and oxygen atoms in total. The smallest absolute Gasteiger partial charge is 0.303 e. The number of carboxylic acids is 1. The second kappa shape index (κ2) is 10.7. The number of carbonyl (C=O) groups is 2. The van der Waals surface area contributed by atoms with Crippen molar-refractivity contribution in [1.29, 1.82) is 0 Å². The van der Waals surface area contributed by atoms with Crippen molar-refractivity contribution in [3.05, 3.63) is 52.7 Å². The fraction of sp³-hybridized carbons (Fsp3) is 0.444. The van der Waals surface area contributed by atoms with E-state index >= 15 is 0 Å². The van der Waals surface area contributed by atoms with Crippen LogP contribution >= 0.6 is 0 Å². The molecule has 0 aliphatic heterocycles. The minimum Gasteiger partial charge on any atom is -0.481 e. The molecule has 37 heavy (non-hydrogen) atoms. The topological polar surface area (TPSA) is 133 Å². The number of nitrogens with one attached hydrogen (secondary N) is 1. The molecule has 0 spiro atoms. The van der Waals surface area contributed by atoms with Gasteiger partial charge < -0.3 is 14.8 Å². The Bertz CT molecular complexity index is 1340. The van der Waals surface area contributed by atoms with Crippen molar-refractivity contribution in [3.8, 4) is 11.3 Å². The summed E-state index contributed by atoms with van der Waals surface area (Å²) < 4.78 is 29.5. The summed E-state index contributed by atoms with van der Waals surface area (Å²) in [6.45, 7) is 0.389. The number of aromatic nitrogens is 1. The summed E-state index contributed by atoms with van der Waals surface area (Å²) in [5, 5.41) is 12.2. The van der Waals surface area contributed by atoms with Gasteiger partial charge in [0.15, 0.2) is 0 Å². The largest absolute Gasteiger partial charge is 0.481 e. The van der Waals surface area contributed by atoms with Gasteiger partial charge in [-0.3, -0.25) is 14.1 Å². The monoisotopic (exact) mass is 525 g/mol. The van der Waals surface area contributed by atoms with Crippen LogP contribution in [0.1, 0.15) is 84.0 Å². The van der Waals surface area contributed by atoms with Gasteiger partial charge in [0.25, 0.3) is 5.91 Å². The minimum atomic E-state index is -2.24. The molecule has 1 amide bonds. The van der Waals surface area contributed by atoms with Gasteiger partial charge in [0, 0.05) is 25.6 Å². The van der Waals surface area contributed by atoms with Crippen molar-refractivity contribution < 1.29 is 27.9 Å². The second-order valence-corrected chi connectivity index (χ2v) is 10.9. The molecule has 2 aliphatic rings. The van der Waals surface area contributed by atoms with E-state index < -0.39 is 17.2 Å². The van der Waals surface area contributed by atoms with E-state index in [2.05, 4.69) is 17.4 Å². The van der Waals surface area contributed by atoms with Crippen LogP contribution in [-0.4, -0.2) is 48.6 Å². The number of nitrogens with zero attached hydrogens (tertiary/aromatic N) is 2. The molecular formula is C27H31N3O6S. The van der Waals surface area contributed by atoms with Crippen LogP contribution in [0.3, 0.4) is 0 Å². The van der Waals surface area contributed by atoms with E-state index in [1.807, 2.05) is 18.2 Å². The van der Waals surface area contributed by atoms with Crippen molar-refractivity contribution >= 4 is 34.2 Å². The lowest BCUT2D eigenvalue weighted by Gasteiger charge is -2.18. The molecule has 1 atom stereocenters. The van der Waals surface area contributed by atoms with Crippen molar-refractivity contribution in [3.63, 3.8) is 0 Å². The third kappa shape index (κ3) is 5.76. The van der Waals surface area contributed by atoms with E-state index in [0.717, 1.165) is 24.0 Å². The quantitative estimate of drug-likeness (QED) is 0.228. The Balaban J connectivity index is 1.51. The van der Waals surface area contributed by atoms with E-state index in [1.54, 1.807) is 7.05 Å². The summed E-state index contributed by atoms with van der Waals surface area (Å²) in [6, 6.07) is 10.1. The molecule has 196 valence electrons. The third-order valence-electron chi connectivity index (χ3n) is 7.08. The summed E-state index contributed by atoms with van der Waals surface area (Å²) in [6.07, 6.45) is 5.30. The zero-order chi connectivity index (χ0) is 26.1. The first-order valence-electron chi connectivity index (χ1n) is 12.7. The maximum atomic E-state index is 13.0. The average molecular weight is 526 g/mol. The van der Waals surface area contributed by atoms with Gasteiger partial charge in [0.05, 0.1) is 23.2 Å². The number of carbonyl (C=O) groups excluding carboxylic acids is 1. The molecule has 0 saturated heterocycles. The zero-order valence-electron chi connectivity index (χ0n) is 20.7. The Kier molecular flexibility index (Phi) is 7.41. The molecule has 10 heteroatoms. The number of benzene rings is 1. The van der Waals surface area contributed by atoms with Gasteiger partial charge in [-0.05, 0) is 67.6 Å². The first-order chi connectivity index (χ1) is 17.9. The molecule has 1 unspecified atom stereocenters. The standard InChI is InChI=1S/C27H31N3O6S/c1-28-26(33)24-21-14-20(18-9-10-18)22(15-30(37(34)35)13-3-2-4-23(31)32)29-27(21)36-25(24)19-11-7-17(8-12-19)16-5-6-16/h7-8,11-12,14,16,18H,2-6,9-10,13,15H2,1H3,(H,28,33)(H,31,32)(H,34,35). The van der Waals surface area contributed by atoms with E-state index in [1.165, 1.54) is 22.7 Å². The Morgan fingerprint density at radius 3 is 2.43 bits per heavy atom. The second-order valence-electron chi connectivity index (χ2n) is 9.88. The highest BCUT2D eigenvalue weighted by molar-refractivity contribution is 7.76. The van der Waals surface area contributed by atoms with Crippen LogP contribution in [0.5, 0.6) is 0 Å². The third-order valence-corrected chi connectivity index (χ3v) is 7.84.